The normalized spacial score (nSPS) is 10.3. The first-order valence-electron chi connectivity index (χ1n) is 12.2. The molecule has 6 N–H and O–H groups in total. The zero-order chi connectivity index (χ0) is 32.7. The van der Waals surface area contributed by atoms with Gasteiger partial charge in [0.15, 0.2) is 23.0 Å². The van der Waals surface area contributed by atoms with Crippen molar-refractivity contribution in [2.45, 2.75) is 6.92 Å². The number of hydrogen-bond donors (Lipinski definition) is 6. The molecular weight excluding hydrogens is 682 g/mol. The molecule has 2 amide bonds. The number of hydrogen-bond acceptors (Lipinski definition) is 8. The SMILES string of the molecule is CCOC(=O)c1ccc(NC(=O)c2c(O)c(Cl)cc(Cl)c2O)cc1.O=C(Nc1ccc(Cl)cc1)c1c(O)c(Cl)cc(Cl)c1O. The van der Waals surface area contributed by atoms with E-state index in [1.54, 1.807) is 31.2 Å². The number of nitrogens with one attached hydrogen (secondary N) is 2. The van der Waals surface area contributed by atoms with Crippen molar-refractivity contribution in [3.63, 3.8) is 0 Å². The minimum Gasteiger partial charge on any atom is -0.505 e. The second-order valence-corrected chi connectivity index (χ2v) is 10.6. The quantitative estimate of drug-likeness (QED) is 0.110. The van der Waals surface area contributed by atoms with Gasteiger partial charge in [-0.3, -0.25) is 9.59 Å². The Morgan fingerprint density at radius 2 is 0.955 bits per heavy atom. The van der Waals surface area contributed by atoms with E-state index in [-0.39, 0.29) is 26.7 Å². The van der Waals surface area contributed by atoms with Crippen molar-refractivity contribution in [3.05, 3.63) is 102 Å². The van der Waals surface area contributed by atoms with Crippen LogP contribution in [0.25, 0.3) is 0 Å². The van der Waals surface area contributed by atoms with E-state index < -0.39 is 51.9 Å². The number of carbonyl (C=O) groups excluding carboxylic acids is 3. The fraction of sp³-hybridized carbons (Fsp3) is 0.0690. The molecule has 230 valence electrons. The second-order valence-electron chi connectivity index (χ2n) is 8.54. The summed E-state index contributed by atoms with van der Waals surface area (Å²) in [5.41, 5.74) is 0.267. The molecule has 0 aliphatic rings. The predicted octanol–water partition coefficient (Wildman–Crippen LogP) is 8.14. The maximum Gasteiger partial charge on any atom is 0.338 e. The molecule has 0 aromatic heterocycles. The topological polar surface area (TPSA) is 165 Å². The number of anilines is 2. The molecule has 0 aliphatic heterocycles. The third-order valence-electron chi connectivity index (χ3n) is 5.57. The molecular formula is C29H21Cl5N2O8. The highest BCUT2D eigenvalue weighted by molar-refractivity contribution is 6.38. The maximum atomic E-state index is 12.2. The smallest absolute Gasteiger partial charge is 0.338 e. The molecule has 0 radical (unpaired) electrons. The Morgan fingerprint density at radius 1 is 0.614 bits per heavy atom. The number of rotatable bonds is 6. The Balaban J connectivity index is 0.000000244. The Morgan fingerprint density at radius 3 is 1.30 bits per heavy atom. The summed E-state index contributed by atoms with van der Waals surface area (Å²) in [5.74, 6) is -4.28. The Hall–Kier alpha value is -4.06. The highest BCUT2D eigenvalue weighted by atomic mass is 35.5. The fourth-order valence-corrected chi connectivity index (χ4v) is 4.50. The van der Waals surface area contributed by atoms with Crippen LogP contribution in [0.2, 0.25) is 25.1 Å². The van der Waals surface area contributed by atoms with Crippen molar-refractivity contribution < 1.29 is 39.5 Å². The number of ether oxygens (including phenoxy) is 1. The minimum atomic E-state index is -0.807. The molecule has 0 saturated heterocycles. The van der Waals surface area contributed by atoms with Gasteiger partial charge in [-0.1, -0.05) is 58.0 Å². The molecule has 0 atom stereocenters. The molecule has 4 rings (SSSR count). The number of amides is 2. The average molecular weight is 703 g/mol. The number of esters is 1. The summed E-state index contributed by atoms with van der Waals surface area (Å²) >= 11 is 28.7. The van der Waals surface area contributed by atoms with Gasteiger partial charge in [0.25, 0.3) is 11.8 Å². The van der Waals surface area contributed by atoms with E-state index in [2.05, 4.69) is 10.6 Å². The van der Waals surface area contributed by atoms with Crippen LogP contribution in [0.1, 0.15) is 38.0 Å². The largest absolute Gasteiger partial charge is 0.505 e. The van der Waals surface area contributed by atoms with Crippen molar-refractivity contribution in [2.75, 3.05) is 17.2 Å². The molecule has 44 heavy (non-hydrogen) atoms. The zero-order valence-corrected chi connectivity index (χ0v) is 26.1. The molecule has 0 unspecified atom stereocenters. The summed E-state index contributed by atoms with van der Waals surface area (Å²) in [5, 5.41) is 44.1. The van der Waals surface area contributed by atoms with E-state index >= 15 is 0 Å². The number of phenolic OH excluding ortho intramolecular Hbond substituents is 4. The van der Waals surface area contributed by atoms with Gasteiger partial charge in [0.2, 0.25) is 0 Å². The van der Waals surface area contributed by atoms with E-state index in [1.165, 1.54) is 24.3 Å². The van der Waals surface area contributed by atoms with E-state index in [4.69, 9.17) is 62.7 Å². The lowest BCUT2D eigenvalue weighted by Gasteiger charge is -2.11. The summed E-state index contributed by atoms with van der Waals surface area (Å²) in [7, 11) is 0. The van der Waals surface area contributed by atoms with Gasteiger partial charge in [-0.05, 0) is 67.6 Å². The van der Waals surface area contributed by atoms with Gasteiger partial charge in [-0.25, -0.2) is 4.79 Å². The number of benzene rings is 4. The second kappa shape index (κ2) is 15.1. The Labute approximate surface area is 275 Å². The molecule has 0 heterocycles. The lowest BCUT2D eigenvalue weighted by molar-refractivity contribution is 0.0526. The van der Waals surface area contributed by atoms with Crippen LogP contribution in [0, 0.1) is 0 Å². The lowest BCUT2D eigenvalue weighted by atomic mass is 10.1. The zero-order valence-electron chi connectivity index (χ0n) is 22.3. The van der Waals surface area contributed by atoms with Crippen molar-refractivity contribution in [2.24, 2.45) is 0 Å². The van der Waals surface area contributed by atoms with Crippen LogP contribution < -0.4 is 10.6 Å². The first kappa shape index (κ1) is 34.4. The third kappa shape index (κ3) is 8.31. The van der Waals surface area contributed by atoms with E-state index in [9.17, 15) is 34.8 Å². The van der Waals surface area contributed by atoms with Crippen molar-refractivity contribution in [3.8, 4) is 23.0 Å². The molecule has 15 heteroatoms. The van der Waals surface area contributed by atoms with Crippen molar-refractivity contribution in [1.82, 2.24) is 0 Å². The minimum absolute atomic E-state index is 0.131. The molecule has 0 saturated carbocycles. The van der Waals surface area contributed by atoms with Gasteiger partial charge in [0.1, 0.15) is 11.1 Å². The van der Waals surface area contributed by atoms with Crippen LogP contribution in [0.15, 0.2) is 60.7 Å². The van der Waals surface area contributed by atoms with Gasteiger partial charge in [-0.15, -0.1) is 0 Å². The summed E-state index contributed by atoms with van der Waals surface area (Å²) < 4.78 is 4.85. The summed E-state index contributed by atoms with van der Waals surface area (Å²) in [6, 6.07) is 14.5. The standard InChI is InChI=1S/C16H13Cl2NO5.C13H8Cl3NO3/c1-2-24-16(23)8-3-5-9(6-4-8)19-15(22)12-13(20)10(17)7-11(18)14(12)21;14-6-1-3-7(4-2-6)17-13(20)10-11(18)8(15)5-9(16)12(10)19/h3-7,20-21H,2H2,1H3,(H,19,22);1-5,18-19H,(H,17,20). The van der Waals surface area contributed by atoms with E-state index in [0.29, 0.717) is 22.0 Å². The van der Waals surface area contributed by atoms with Gasteiger partial charge < -0.3 is 35.8 Å². The van der Waals surface area contributed by atoms with Crippen LogP contribution in [0.3, 0.4) is 0 Å². The van der Waals surface area contributed by atoms with Gasteiger partial charge in [0.05, 0.1) is 32.3 Å². The van der Waals surface area contributed by atoms with Crippen LogP contribution in [-0.4, -0.2) is 44.8 Å². The first-order valence-corrected chi connectivity index (χ1v) is 14.1. The summed E-state index contributed by atoms with van der Waals surface area (Å²) in [6.07, 6.45) is 0. The van der Waals surface area contributed by atoms with Crippen LogP contribution >= 0.6 is 58.0 Å². The highest BCUT2D eigenvalue weighted by Crippen LogP contribution is 2.41. The van der Waals surface area contributed by atoms with Gasteiger partial charge in [-0.2, -0.15) is 0 Å². The van der Waals surface area contributed by atoms with Crippen LogP contribution in [-0.2, 0) is 4.74 Å². The molecule has 10 nitrogen and oxygen atoms in total. The fourth-order valence-electron chi connectivity index (χ4n) is 3.45. The van der Waals surface area contributed by atoms with E-state index in [0.717, 1.165) is 12.1 Å². The Kier molecular flexibility index (Phi) is 11.8. The van der Waals surface area contributed by atoms with Crippen molar-refractivity contribution >= 4 is 87.2 Å². The molecule has 4 aromatic carbocycles. The third-order valence-corrected chi connectivity index (χ3v) is 6.97. The van der Waals surface area contributed by atoms with Crippen LogP contribution in [0.5, 0.6) is 23.0 Å². The number of halogens is 5. The van der Waals surface area contributed by atoms with Gasteiger partial charge in [0, 0.05) is 16.4 Å². The number of phenols is 4. The predicted molar refractivity (Wildman–Crippen MR) is 169 cm³/mol. The first-order chi connectivity index (χ1) is 20.7. The van der Waals surface area contributed by atoms with Crippen molar-refractivity contribution in [1.29, 1.82) is 0 Å². The van der Waals surface area contributed by atoms with Crippen LogP contribution in [0.4, 0.5) is 11.4 Å². The lowest BCUT2D eigenvalue weighted by Crippen LogP contribution is -2.13. The average Bonchev–Trinajstić information content (AvgIpc) is 2.97. The Bertz CT molecular complexity index is 1660. The maximum absolute atomic E-state index is 12.2. The summed E-state index contributed by atoms with van der Waals surface area (Å²) in [6.45, 7) is 1.95. The molecule has 0 spiro atoms. The van der Waals surface area contributed by atoms with E-state index in [1.807, 2.05) is 0 Å². The highest BCUT2D eigenvalue weighted by Gasteiger charge is 2.23. The number of carbonyl (C=O) groups is 3. The summed E-state index contributed by atoms with van der Waals surface area (Å²) in [4.78, 5) is 35.9. The molecule has 0 bridgehead atoms. The van der Waals surface area contributed by atoms with Gasteiger partial charge >= 0.3 is 5.97 Å². The molecule has 0 fully saturated rings. The molecule has 0 aliphatic carbocycles. The molecule has 4 aromatic rings. The monoisotopic (exact) mass is 700 g/mol. The number of aromatic hydroxyl groups is 4.